The highest BCUT2D eigenvalue weighted by Crippen LogP contribution is 2.33. The lowest BCUT2D eigenvalue weighted by atomic mass is 9.85. The first-order chi connectivity index (χ1) is 7.33. The summed E-state index contributed by atoms with van der Waals surface area (Å²) in [4.78, 5) is 2.60. The molecule has 0 amide bonds. The third kappa shape index (κ3) is 1.85. The number of nitrogens with zero attached hydrogens (tertiary/aromatic N) is 1. The molecule has 80 valence electrons. The maximum atomic E-state index is 3.65. The third-order valence-electron chi connectivity index (χ3n) is 3.73. The summed E-state index contributed by atoms with van der Waals surface area (Å²) in [6, 6.07) is 6.57. The Morgan fingerprint density at radius 3 is 2.80 bits per heavy atom. The van der Waals surface area contributed by atoms with E-state index in [1.807, 2.05) is 0 Å². The van der Waals surface area contributed by atoms with Crippen LogP contribution in [0, 0.1) is 5.92 Å². The first-order valence-corrected chi connectivity index (χ1v) is 6.61. The second kappa shape index (κ2) is 3.91. The number of rotatable bonds is 2. The van der Waals surface area contributed by atoms with Crippen molar-refractivity contribution in [3.63, 3.8) is 0 Å². The van der Waals surface area contributed by atoms with E-state index in [0.29, 0.717) is 0 Å². The van der Waals surface area contributed by atoms with E-state index in [4.69, 9.17) is 0 Å². The molecule has 0 unspecified atom stereocenters. The number of halogens is 1. The van der Waals surface area contributed by atoms with Gasteiger partial charge in [-0.25, -0.2) is 0 Å². The summed E-state index contributed by atoms with van der Waals surface area (Å²) < 4.78 is 1.29. The summed E-state index contributed by atoms with van der Waals surface area (Å²) in [6.45, 7) is 3.61. The fraction of sp³-hybridized carbons (Fsp3) is 0.538. The lowest BCUT2D eigenvalue weighted by molar-refractivity contribution is 0.179. The highest BCUT2D eigenvalue weighted by molar-refractivity contribution is 9.10. The van der Waals surface area contributed by atoms with E-state index in [0.717, 1.165) is 19.0 Å². The van der Waals surface area contributed by atoms with Gasteiger partial charge in [-0.2, -0.15) is 0 Å². The number of hydrogen-bond donors (Lipinski definition) is 0. The number of benzene rings is 1. The molecular formula is C13H16BrN. The monoisotopic (exact) mass is 265 g/mol. The molecule has 2 aliphatic rings. The van der Waals surface area contributed by atoms with E-state index >= 15 is 0 Å². The van der Waals surface area contributed by atoms with Crippen LogP contribution in [0.3, 0.4) is 0 Å². The SMILES string of the molecule is Brc1cccc2c1CN(CC1CCC1)C2. The maximum absolute atomic E-state index is 3.65. The molecule has 1 aromatic rings. The summed E-state index contributed by atoms with van der Waals surface area (Å²) >= 11 is 3.65. The molecule has 1 aromatic carbocycles. The summed E-state index contributed by atoms with van der Waals surface area (Å²) in [5, 5.41) is 0. The van der Waals surface area contributed by atoms with Gasteiger partial charge in [0.05, 0.1) is 0 Å². The van der Waals surface area contributed by atoms with Crippen molar-refractivity contribution >= 4 is 15.9 Å². The Kier molecular flexibility index (Phi) is 2.57. The van der Waals surface area contributed by atoms with E-state index in [-0.39, 0.29) is 0 Å². The smallest absolute Gasteiger partial charge is 0.0251 e. The molecule has 0 atom stereocenters. The van der Waals surface area contributed by atoms with Crippen molar-refractivity contribution in [1.82, 2.24) is 4.90 Å². The van der Waals surface area contributed by atoms with Crippen molar-refractivity contribution in [2.75, 3.05) is 6.54 Å². The Morgan fingerprint density at radius 1 is 1.27 bits per heavy atom. The molecule has 0 radical (unpaired) electrons. The second-order valence-corrected chi connectivity index (χ2v) is 5.70. The van der Waals surface area contributed by atoms with Crippen LogP contribution in [0.2, 0.25) is 0 Å². The van der Waals surface area contributed by atoms with Crippen molar-refractivity contribution in [3.8, 4) is 0 Å². The van der Waals surface area contributed by atoms with Gasteiger partial charge in [-0.15, -0.1) is 0 Å². The highest BCUT2D eigenvalue weighted by Gasteiger charge is 2.25. The lowest BCUT2D eigenvalue weighted by Gasteiger charge is -2.29. The molecule has 0 saturated heterocycles. The van der Waals surface area contributed by atoms with Crippen molar-refractivity contribution in [2.24, 2.45) is 5.92 Å². The molecule has 1 aliphatic heterocycles. The van der Waals surface area contributed by atoms with Gasteiger partial charge in [0.2, 0.25) is 0 Å². The molecule has 1 saturated carbocycles. The van der Waals surface area contributed by atoms with Crippen molar-refractivity contribution in [3.05, 3.63) is 33.8 Å². The van der Waals surface area contributed by atoms with Gasteiger partial charge in [0.15, 0.2) is 0 Å². The zero-order chi connectivity index (χ0) is 10.3. The largest absolute Gasteiger partial charge is 0.294 e. The Bertz CT molecular complexity index is 371. The molecule has 0 bridgehead atoms. The Labute approximate surface area is 99.6 Å². The topological polar surface area (TPSA) is 3.24 Å². The van der Waals surface area contributed by atoms with Crippen LogP contribution in [0.15, 0.2) is 22.7 Å². The molecule has 3 rings (SSSR count). The van der Waals surface area contributed by atoms with Gasteiger partial charge in [0, 0.05) is 24.1 Å². The van der Waals surface area contributed by atoms with Gasteiger partial charge >= 0.3 is 0 Å². The lowest BCUT2D eigenvalue weighted by Crippen LogP contribution is -2.28. The average Bonchev–Trinajstić information content (AvgIpc) is 2.56. The zero-order valence-electron chi connectivity index (χ0n) is 8.88. The molecule has 15 heavy (non-hydrogen) atoms. The van der Waals surface area contributed by atoms with Gasteiger partial charge in [0.1, 0.15) is 0 Å². The fourth-order valence-corrected chi connectivity index (χ4v) is 3.15. The molecular weight excluding hydrogens is 250 g/mol. The van der Waals surface area contributed by atoms with Crippen molar-refractivity contribution in [2.45, 2.75) is 32.4 Å². The Morgan fingerprint density at radius 2 is 2.13 bits per heavy atom. The van der Waals surface area contributed by atoms with Crippen LogP contribution >= 0.6 is 15.9 Å². The van der Waals surface area contributed by atoms with E-state index in [2.05, 4.69) is 39.0 Å². The summed E-state index contributed by atoms with van der Waals surface area (Å²) in [5.41, 5.74) is 3.03. The second-order valence-electron chi connectivity index (χ2n) is 4.84. The standard InChI is InChI=1S/C13H16BrN/c14-13-6-2-5-11-8-15(9-12(11)13)7-10-3-1-4-10/h2,5-6,10H,1,3-4,7-9H2. The minimum atomic E-state index is 0.984. The molecule has 0 aromatic heterocycles. The minimum absolute atomic E-state index is 0.984. The summed E-state index contributed by atoms with van der Waals surface area (Å²) in [5.74, 6) is 0.984. The van der Waals surface area contributed by atoms with Crippen LogP contribution in [0.5, 0.6) is 0 Å². The molecule has 1 aliphatic carbocycles. The number of hydrogen-bond acceptors (Lipinski definition) is 1. The fourth-order valence-electron chi connectivity index (χ4n) is 2.62. The van der Waals surface area contributed by atoms with Crippen LogP contribution < -0.4 is 0 Å². The molecule has 2 heteroatoms. The highest BCUT2D eigenvalue weighted by atomic mass is 79.9. The van der Waals surface area contributed by atoms with E-state index in [1.54, 1.807) is 0 Å². The maximum Gasteiger partial charge on any atom is 0.0251 e. The van der Waals surface area contributed by atoms with Gasteiger partial charge in [-0.3, -0.25) is 4.90 Å². The molecule has 0 N–H and O–H groups in total. The van der Waals surface area contributed by atoms with Crippen LogP contribution in [0.25, 0.3) is 0 Å². The first-order valence-electron chi connectivity index (χ1n) is 5.81. The molecule has 1 heterocycles. The molecule has 0 spiro atoms. The Hall–Kier alpha value is -0.340. The van der Waals surface area contributed by atoms with Gasteiger partial charge < -0.3 is 0 Å². The van der Waals surface area contributed by atoms with Crippen LogP contribution in [0.1, 0.15) is 30.4 Å². The van der Waals surface area contributed by atoms with Crippen LogP contribution in [0.4, 0.5) is 0 Å². The minimum Gasteiger partial charge on any atom is -0.294 e. The first kappa shape index (κ1) is 9.86. The molecule has 1 nitrogen and oxygen atoms in total. The van der Waals surface area contributed by atoms with E-state index in [9.17, 15) is 0 Å². The number of fused-ring (bicyclic) bond motifs is 1. The van der Waals surface area contributed by atoms with Gasteiger partial charge in [-0.05, 0) is 36.0 Å². The Balaban J connectivity index is 1.71. The van der Waals surface area contributed by atoms with Crippen molar-refractivity contribution < 1.29 is 0 Å². The predicted octanol–water partition coefficient (Wildman–Crippen LogP) is 3.56. The van der Waals surface area contributed by atoms with E-state index < -0.39 is 0 Å². The quantitative estimate of drug-likeness (QED) is 0.791. The van der Waals surface area contributed by atoms with Gasteiger partial charge in [-0.1, -0.05) is 34.5 Å². The van der Waals surface area contributed by atoms with Crippen LogP contribution in [-0.2, 0) is 13.1 Å². The summed E-state index contributed by atoms with van der Waals surface area (Å²) in [6.07, 6.45) is 4.36. The normalized spacial score (nSPS) is 21.4. The van der Waals surface area contributed by atoms with E-state index in [1.165, 1.54) is 41.4 Å². The van der Waals surface area contributed by atoms with Gasteiger partial charge in [0.25, 0.3) is 0 Å². The average molecular weight is 266 g/mol. The predicted molar refractivity (Wildman–Crippen MR) is 65.6 cm³/mol. The van der Waals surface area contributed by atoms with Crippen LogP contribution in [-0.4, -0.2) is 11.4 Å². The third-order valence-corrected chi connectivity index (χ3v) is 4.48. The zero-order valence-corrected chi connectivity index (χ0v) is 10.5. The van der Waals surface area contributed by atoms with Crippen molar-refractivity contribution in [1.29, 1.82) is 0 Å². The molecule has 1 fully saturated rings. The summed E-state index contributed by atoms with van der Waals surface area (Å²) in [7, 11) is 0.